The third-order valence-electron chi connectivity index (χ3n) is 4.75. The molecule has 1 saturated heterocycles. The van der Waals surface area contributed by atoms with Crippen LogP contribution in [-0.4, -0.2) is 49.7 Å². The number of amides is 1. The summed E-state index contributed by atoms with van der Waals surface area (Å²) in [6, 6.07) is 15.8. The number of morpholine rings is 1. The van der Waals surface area contributed by atoms with Crippen LogP contribution in [0, 0.1) is 6.92 Å². The van der Waals surface area contributed by atoms with E-state index in [1.54, 1.807) is 6.07 Å². The van der Waals surface area contributed by atoms with Gasteiger partial charge in [-0.1, -0.05) is 36.4 Å². The maximum atomic E-state index is 12.9. The van der Waals surface area contributed by atoms with Gasteiger partial charge in [-0.2, -0.15) is 0 Å². The van der Waals surface area contributed by atoms with Crippen LogP contribution in [0.5, 0.6) is 0 Å². The average molecular weight is 426 g/mol. The first kappa shape index (κ1) is 24.2. The number of nitrogens with zero attached hydrogens (tertiary/aromatic N) is 1. The van der Waals surface area contributed by atoms with E-state index in [4.69, 9.17) is 10.5 Å². The molecule has 1 aliphatic heterocycles. The SMILES string of the molecule is Cc1ccc(N)cc1C(=O)NC(Cc1ccccc1)CN1CCOCC1.Cl.Cl. The summed E-state index contributed by atoms with van der Waals surface area (Å²) < 4.78 is 5.44. The van der Waals surface area contributed by atoms with Crippen molar-refractivity contribution in [2.75, 3.05) is 38.6 Å². The van der Waals surface area contributed by atoms with Crippen LogP contribution < -0.4 is 11.1 Å². The Morgan fingerprint density at radius 3 is 2.50 bits per heavy atom. The highest BCUT2D eigenvalue weighted by Crippen LogP contribution is 2.14. The molecular weight excluding hydrogens is 397 g/mol. The molecule has 7 heteroatoms. The molecular formula is C21H29Cl2N3O2. The zero-order chi connectivity index (χ0) is 18.4. The van der Waals surface area contributed by atoms with Crippen molar-refractivity contribution in [3.63, 3.8) is 0 Å². The summed E-state index contributed by atoms with van der Waals surface area (Å²) in [6.45, 7) is 6.05. The lowest BCUT2D eigenvalue weighted by Gasteiger charge is -2.31. The minimum atomic E-state index is -0.0657. The van der Waals surface area contributed by atoms with E-state index in [2.05, 4.69) is 22.3 Å². The fourth-order valence-electron chi connectivity index (χ4n) is 3.30. The minimum absolute atomic E-state index is 0. The lowest BCUT2D eigenvalue weighted by atomic mass is 10.0. The first-order valence-corrected chi connectivity index (χ1v) is 9.13. The molecule has 1 amide bonds. The van der Waals surface area contributed by atoms with E-state index in [0.717, 1.165) is 44.8 Å². The Morgan fingerprint density at radius 1 is 1.14 bits per heavy atom. The molecule has 1 aliphatic rings. The standard InChI is InChI=1S/C21H27N3O2.2ClH/c1-16-7-8-18(22)14-20(16)21(25)23-19(13-17-5-3-2-4-6-17)15-24-9-11-26-12-10-24;;/h2-8,14,19H,9-13,15,22H2,1H3,(H,23,25);2*1H. The summed E-state index contributed by atoms with van der Waals surface area (Å²) in [5.74, 6) is -0.0657. The number of nitrogens with two attached hydrogens (primary N) is 1. The first-order valence-electron chi connectivity index (χ1n) is 9.13. The molecule has 0 radical (unpaired) electrons. The van der Waals surface area contributed by atoms with Crippen LogP contribution in [0.15, 0.2) is 48.5 Å². The number of rotatable bonds is 6. The number of hydrogen-bond acceptors (Lipinski definition) is 4. The van der Waals surface area contributed by atoms with Gasteiger partial charge >= 0.3 is 0 Å². The van der Waals surface area contributed by atoms with Crippen molar-refractivity contribution in [2.24, 2.45) is 0 Å². The summed E-state index contributed by atoms with van der Waals surface area (Å²) >= 11 is 0. The maximum absolute atomic E-state index is 12.9. The van der Waals surface area contributed by atoms with Crippen LogP contribution in [0.4, 0.5) is 5.69 Å². The van der Waals surface area contributed by atoms with Gasteiger partial charge < -0.3 is 15.8 Å². The average Bonchev–Trinajstić information content (AvgIpc) is 2.65. The van der Waals surface area contributed by atoms with Crippen molar-refractivity contribution in [1.82, 2.24) is 10.2 Å². The molecule has 0 aromatic heterocycles. The highest BCUT2D eigenvalue weighted by Gasteiger charge is 2.20. The summed E-state index contributed by atoms with van der Waals surface area (Å²) in [5.41, 5.74) is 9.27. The molecule has 2 aromatic rings. The van der Waals surface area contributed by atoms with E-state index in [1.807, 2.05) is 37.3 Å². The van der Waals surface area contributed by atoms with Crippen molar-refractivity contribution in [2.45, 2.75) is 19.4 Å². The third-order valence-corrected chi connectivity index (χ3v) is 4.75. The molecule has 28 heavy (non-hydrogen) atoms. The summed E-state index contributed by atoms with van der Waals surface area (Å²) in [6.07, 6.45) is 0.797. The molecule has 1 fully saturated rings. The van der Waals surface area contributed by atoms with Crippen LogP contribution in [0.25, 0.3) is 0 Å². The molecule has 5 nitrogen and oxygen atoms in total. The van der Waals surface area contributed by atoms with Gasteiger partial charge in [-0.05, 0) is 36.6 Å². The number of anilines is 1. The van der Waals surface area contributed by atoms with E-state index in [9.17, 15) is 4.79 Å². The summed E-state index contributed by atoms with van der Waals surface area (Å²) in [5, 5.41) is 3.22. The predicted molar refractivity (Wildman–Crippen MR) is 119 cm³/mol. The quantitative estimate of drug-likeness (QED) is 0.697. The number of benzene rings is 2. The molecule has 154 valence electrons. The fraction of sp³-hybridized carbons (Fsp3) is 0.381. The molecule has 0 aliphatic carbocycles. The van der Waals surface area contributed by atoms with Gasteiger partial charge in [-0.15, -0.1) is 24.8 Å². The van der Waals surface area contributed by atoms with Crippen molar-refractivity contribution in [3.05, 3.63) is 65.2 Å². The highest BCUT2D eigenvalue weighted by molar-refractivity contribution is 5.96. The Balaban J connectivity index is 0.00000196. The third kappa shape index (κ3) is 6.99. The van der Waals surface area contributed by atoms with Crippen LogP contribution in [0.3, 0.4) is 0 Å². The maximum Gasteiger partial charge on any atom is 0.251 e. The number of halogens is 2. The Labute approximate surface area is 179 Å². The molecule has 0 saturated carbocycles. The van der Waals surface area contributed by atoms with Gasteiger partial charge in [0.1, 0.15) is 0 Å². The minimum Gasteiger partial charge on any atom is -0.399 e. The van der Waals surface area contributed by atoms with E-state index < -0.39 is 0 Å². The fourth-order valence-corrected chi connectivity index (χ4v) is 3.30. The molecule has 2 aromatic carbocycles. The summed E-state index contributed by atoms with van der Waals surface area (Å²) in [7, 11) is 0. The molecule has 0 spiro atoms. The Hall–Kier alpha value is -1.79. The van der Waals surface area contributed by atoms with Crippen molar-refractivity contribution in [3.8, 4) is 0 Å². The van der Waals surface area contributed by atoms with Gasteiger partial charge in [0, 0.05) is 36.9 Å². The van der Waals surface area contributed by atoms with Crippen molar-refractivity contribution >= 4 is 36.4 Å². The largest absolute Gasteiger partial charge is 0.399 e. The zero-order valence-electron chi connectivity index (χ0n) is 16.1. The van der Waals surface area contributed by atoms with Gasteiger partial charge in [0.2, 0.25) is 0 Å². The molecule has 1 heterocycles. The van der Waals surface area contributed by atoms with Crippen molar-refractivity contribution < 1.29 is 9.53 Å². The monoisotopic (exact) mass is 425 g/mol. The van der Waals surface area contributed by atoms with Crippen LogP contribution in [0.2, 0.25) is 0 Å². The van der Waals surface area contributed by atoms with Crippen molar-refractivity contribution in [1.29, 1.82) is 0 Å². The molecule has 1 unspecified atom stereocenters. The second-order valence-corrected chi connectivity index (χ2v) is 6.85. The lowest BCUT2D eigenvalue weighted by Crippen LogP contribution is -2.48. The van der Waals surface area contributed by atoms with Crippen LogP contribution in [-0.2, 0) is 11.2 Å². The topological polar surface area (TPSA) is 67.6 Å². The number of aryl methyl sites for hydroxylation is 1. The van der Waals surface area contributed by atoms with Crippen LogP contribution in [0.1, 0.15) is 21.5 Å². The van der Waals surface area contributed by atoms with Gasteiger partial charge in [0.25, 0.3) is 5.91 Å². The van der Waals surface area contributed by atoms with Gasteiger partial charge in [-0.3, -0.25) is 9.69 Å². The number of hydrogen-bond donors (Lipinski definition) is 2. The number of nitrogens with one attached hydrogen (secondary N) is 1. The van der Waals surface area contributed by atoms with E-state index in [0.29, 0.717) is 11.3 Å². The predicted octanol–water partition coefficient (Wildman–Crippen LogP) is 3.09. The van der Waals surface area contributed by atoms with E-state index in [-0.39, 0.29) is 36.8 Å². The number of ether oxygens (including phenoxy) is 1. The molecule has 1 atom stereocenters. The molecule has 0 bridgehead atoms. The number of carbonyl (C=O) groups is 1. The van der Waals surface area contributed by atoms with E-state index in [1.165, 1.54) is 5.56 Å². The Kier molecular flexibility index (Phi) is 10.3. The number of carbonyl (C=O) groups excluding carboxylic acids is 1. The Bertz CT molecular complexity index is 738. The van der Waals surface area contributed by atoms with Gasteiger partial charge in [0.15, 0.2) is 0 Å². The smallest absolute Gasteiger partial charge is 0.251 e. The van der Waals surface area contributed by atoms with Gasteiger partial charge in [-0.25, -0.2) is 0 Å². The highest BCUT2D eigenvalue weighted by atomic mass is 35.5. The lowest BCUT2D eigenvalue weighted by molar-refractivity contribution is 0.0333. The van der Waals surface area contributed by atoms with E-state index >= 15 is 0 Å². The van der Waals surface area contributed by atoms with Crippen LogP contribution >= 0.6 is 24.8 Å². The zero-order valence-corrected chi connectivity index (χ0v) is 17.7. The Morgan fingerprint density at radius 2 is 1.82 bits per heavy atom. The summed E-state index contributed by atoms with van der Waals surface area (Å²) in [4.78, 5) is 15.2. The second kappa shape index (κ2) is 11.9. The molecule has 3 N–H and O–H groups in total. The van der Waals surface area contributed by atoms with Gasteiger partial charge in [0.05, 0.1) is 13.2 Å². The first-order chi connectivity index (χ1) is 12.6. The number of nitrogen functional groups attached to an aromatic ring is 1. The molecule has 3 rings (SSSR count). The second-order valence-electron chi connectivity index (χ2n) is 6.85. The normalized spacial score (nSPS) is 15.0.